The van der Waals surface area contributed by atoms with E-state index in [-0.39, 0.29) is 12.0 Å². The average Bonchev–Trinajstić information content (AvgIpc) is 2.68. The highest BCUT2D eigenvalue weighted by Gasteiger charge is 2.46. The van der Waals surface area contributed by atoms with Crippen LogP contribution >= 0.6 is 0 Å². The molecule has 3 aliphatic carbocycles. The molecule has 0 N–H and O–H groups in total. The molecule has 0 aromatic rings. The molecule has 5 atom stereocenters. The summed E-state index contributed by atoms with van der Waals surface area (Å²) in [5, 5.41) is 0. The second-order valence-electron chi connectivity index (χ2n) is 10.4. The van der Waals surface area contributed by atoms with Crippen molar-refractivity contribution in [2.75, 3.05) is 6.61 Å². The first kappa shape index (κ1) is 22.5. The average molecular weight is 401 g/mol. The summed E-state index contributed by atoms with van der Waals surface area (Å²) < 4.78 is 40.8. The molecule has 0 bridgehead atoms. The molecule has 0 radical (unpaired) electrons. The molecule has 164 valence electrons. The highest BCUT2D eigenvalue weighted by atomic mass is 19.2. The fraction of sp³-hybridized carbons (Fsp3) is 1.00. The molecule has 5 unspecified atom stereocenters. The van der Waals surface area contributed by atoms with Gasteiger partial charge in [0, 0.05) is 6.61 Å². The van der Waals surface area contributed by atoms with E-state index in [1.165, 1.54) is 51.4 Å². The fourth-order valence-electron chi connectivity index (χ4n) is 5.86. The minimum Gasteiger partial charge on any atom is -0.375 e. The summed E-state index contributed by atoms with van der Waals surface area (Å²) >= 11 is 0. The van der Waals surface area contributed by atoms with E-state index in [1.807, 2.05) is 20.8 Å². The largest absolute Gasteiger partial charge is 0.375 e. The molecule has 0 aromatic carbocycles. The number of hydrogen-bond donors (Lipinski definition) is 0. The van der Waals surface area contributed by atoms with Crippen molar-refractivity contribution in [3.63, 3.8) is 0 Å². The summed E-state index contributed by atoms with van der Waals surface area (Å²) in [6.45, 7) is 8.68. The Kier molecular flexibility index (Phi) is 8.18. The Balaban J connectivity index is 1.40. The Labute approximate surface area is 171 Å². The van der Waals surface area contributed by atoms with Crippen LogP contribution in [0.3, 0.4) is 0 Å². The Morgan fingerprint density at radius 2 is 1.39 bits per heavy atom. The van der Waals surface area contributed by atoms with Gasteiger partial charge >= 0.3 is 0 Å². The monoisotopic (exact) mass is 400 g/mol. The van der Waals surface area contributed by atoms with Gasteiger partial charge < -0.3 is 9.47 Å². The maximum atomic E-state index is 14.6. The van der Waals surface area contributed by atoms with E-state index in [2.05, 4.69) is 6.92 Å². The zero-order valence-electron chi connectivity index (χ0n) is 18.4. The molecule has 28 heavy (non-hydrogen) atoms. The van der Waals surface area contributed by atoms with Gasteiger partial charge in [-0.25, -0.2) is 8.78 Å². The third-order valence-electron chi connectivity index (χ3n) is 7.73. The molecule has 0 aliphatic heterocycles. The summed E-state index contributed by atoms with van der Waals surface area (Å²) in [7, 11) is 0. The van der Waals surface area contributed by atoms with Crippen molar-refractivity contribution >= 4 is 0 Å². The first-order valence-electron chi connectivity index (χ1n) is 11.9. The summed E-state index contributed by atoms with van der Waals surface area (Å²) in [4.78, 5) is 0. The molecule has 0 spiro atoms. The Hall–Kier alpha value is -0.220. The minimum atomic E-state index is -1.58. The van der Waals surface area contributed by atoms with E-state index >= 15 is 0 Å². The molecule has 3 saturated carbocycles. The maximum Gasteiger partial charge on any atom is 0.160 e. The molecule has 3 aliphatic rings. The van der Waals surface area contributed by atoms with Gasteiger partial charge in [0.1, 0.15) is 0 Å². The smallest absolute Gasteiger partial charge is 0.160 e. The molecule has 3 fully saturated rings. The van der Waals surface area contributed by atoms with Crippen molar-refractivity contribution in [2.45, 2.75) is 116 Å². The van der Waals surface area contributed by atoms with Gasteiger partial charge in [-0.3, -0.25) is 0 Å². The number of hydrogen-bond acceptors (Lipinski definition) is 2. The second-order valence-corrected chi connectivity index (χ2v) is 10.4. The fourth-order valence-corrected chi connectivity index (χ4v) is 5.86. The topological polar surface area (TPSA) is 18.5 Å². The number of halogens is 2. The predicted octanol–water partition coefficient (Wildman–Crippen LogP) is 6.51. The van der Waals surface area contributed by atoms with Crippen molar-refractivity contribution in [1.82, 2.24) is 0 Å². The lowest BCUT2D eigenvalue weighted by Crippen LogP contribution is -2.51. The van der Waals surface area contributed by atoms with E-state index in [4.69, 9.17) is 9.47 Å². The molecule has 4 heteroatoms. The van der Waals surface area contributed by atoms with Crippen LogP contribution in [0.1, 0.15) is 85.5 Å². The summed E-state index contributed by atoms with van der Waals surface area (Å²) in [5.41, 5.74) is 0. The Morgan fingerprint density at radius 1 is 0.821 bits per heavy atom. The Bertz CT molecular complexity index is 456. The molecule has 0 amide bonds. The molecule has 0 aromatic heterocycles. The van der Waals surface area contributed by atoms with E-state index in [1.54, 1.807) is 0 Å². The van der Waals surface area contributed by atoms with Crippen LogP contribution in [0.4, 0.5) is 8.78 Å². The van der Waals surface area contributed by atoms with Crippen molar-refractivity contribution in [1.29, 1.82) is 0 Å². The predicted molar refractivity (Wildman–Crippen MR) is 110 cm³/mol. The summed E-state index contributed by atoms with van der Waals surface area (Å²) in [6, 6.07) is 0. The first-order chi connectivity index (χ1) is 13.3. The van der Waals surface area contributed by atoms with Crippen LogP contribution in [0.5, 0.6) is 0 Å². The van der Waals surface area contributed by atoms with Crippen LogP contribution in [-0.2, 0) is 9.47 Å². The highest BCUT2D eigenvalue weighted by molar-refractivity contribution is 4.94. The van der Waals surface area contributed by atoms with Gasteiger partial charge in [-0.1, -0.05) is 26.7 Å². The van der Waals surface area contributed by atoms with Crippen LogP contribution in [0.2, 0.25) is 0 Å². The van der Waals surface area contributed by atoms with Crippen LogP contribution < -0.4 is 0 Å². The quantitative estimate of drug-likeness (QED) is 0.506. The minimum absolute atomic E-state index is 0.0150. The normalized spacial score (nSPS) is 45.3. The van der Waals surface area contributed by atoms with Crippen molar-refractivity contribution in [3.05, 3.63) is 0 Å². The first-order valence-corrected chi connectivity index (χ1v) is 11.9. The van der Waals surface area contributed by atoms with Gasteiger partial charge in [0.15, 0.2) is 12.3 Å². The molecule has 0 heterocycles. The molecule has 3 rings (SSSR count). The van der Waals surface area contributed by atoms with Gasteiger partial charge in [0.25, 0.3) is 0 Å². The maximum absolute atomic E-state index is 14.6. The van der Waals surface area contributed by atoms with Gasteiger partial charge in [-0.2, -0.15) is 0 Å². The Morgan fingerprint density at radius 3 is 1.96 bits per heavy atom. The van der Waals surface area contributed by atoms with Crippen LogP contribution in [-0.4, -0.2) is 37.3 Å². The third-order valence-corrected chi connectivity index (χ3v) is 7.73. The van der Waals surface area contributed by atoms with Gasteiger partial charge in [-0.15, -0.1) is 0 Å². The second kappa shape index (κ2) is 10.2. The lowest BCUT2D eigenvalue weighted by Gasteiger charge is -2.41. The van der Waals surface area contributed by atoms with E-state index < -0.39 is 24.6 Å². The SMILES string of the molecule is CC1CCC(C2CCC(COC3CC(C)C(OC(C)C)C(F)C3F)CC2)CC1. The lowest BCUT2D eigenvalue weighted by molar-refractivity contribution is -0.155. The van der Waals surface area contributed by atoms with E-state index in [9.17, 15) is 8.78 Å². The van der Waals surface area contributed by atoms with Crippen molar-refractivity contribution in [3.8, 4) is 0 Å². The summed E-state index contributed by atoms with van der Waals surface area (Å²) in [5.74, 6) is 3.23. The van der Waals surface area contributed by atoms with Gasteiger partial charge in [0.2, 0.25) is 0 Å². The number of alkyl halides is 2. The zero-order valence-corrected chi connectivity index (χ0v) is 18.4. The summed E-state index contributed by atoms with van der Waals surface area (Å²) in [6.07, 6.45) is 6.64. The van der Waals surface area contributed by atoms with Gasteiger partial charge in [-0.05, 0) is 88.4 Å². The standard InChI is InChI=1S/C24H42F2O2/c1-15(2)28-24-17(4)13-21(22(25)23(24)26)27-14-18-7-11-20(12-8-18)19-9-5-16(3)6-10-19/h15-24H,5-14H2,1-4H3. The van der Waals surface area contributed by atoms with Crippen LogP contribution in [0.25, 0.3) is 0 Å². The van der Waals surface area contributed by atoms with Crippen molar-refractivity contribution in [2.24, 2.45) is 29.6 Å². The number of ether oxygens (including phenoxy) is 2. The molecular weight excluding hydrogens is 358 g/mol. The van der Waals surface area contributed by atoms with Crippen molar-refractivity contribution < 1.29 is 18.3 Å². The highest BCUT2D eigenvalue weighted by Crippen LogP contribution is 2.42. The van der Waals surface area contributed by atoms with Crippen LogP contribution in [0.15, 0.2) is 0 Å². The van der Waals surface area contributed by atoms with Gasteiger partial charge in [0.05, 0.1) is 18.3 Å². The van der Waals surface area contributed by atoms with Crippen LogP contribution in [0, 0.1) is 29.6 Å². The molecular formula is C24H42F2O2. The number of rotatable bonds is 6. The lowest BCUT2D eigenvalue weighted by atomic mass is 9.69. The zero-order chi connectivity index (χ0) is 20.3. The molecule has 0 saturated heterocycles. The van der Waals surface area contributed by atoms with E-state index in [0.717, 1.165) is 17.8 Å². The molecule has 2 nitrogen and oxygen atoms in total. The van der Waals surface area contributed by atoms with E-state index in [0.29, 0.717) is 18.9 Å². The third kappa shape index (κ3) is 5.68.